The lowest BCUT2D eigenvalue weighted by atomic mass is 10.2. The molecule has 0 radical (unpaired) electrons. The SMILES string of the molecule is COC1CCC(NS(=O)(=O)c2ccc(CCCl)cc2)C1. The number of hydrogen-bond acceptors (Lipinski definition) is 3. The van der Waals surface area contributed by atoms with Crippen LogP contribution in [0, 0.1) is 0 Å². The number of halogens is 1. The van der Waals surface area contributed by atoms with Gasteiger partial charge >= 0.3 is 0 Å². The Kier molecular flexibility index (Phi) is 5.43. The Morgan fingerprint density at radius 3 is 2.55 bits per heavy atom. The highest BCUT2D eigenvalue weighted by molar-refractivity contribution is 7.89. The molecule has 0 amide bonds. The molecule has 2 unspecified atom stereocenters. The van der Waals surface area contributed by atoms with Gasteiger partial charge in [-0.1, -0.05) is 12.1 Å². The Morgan fingerprint density at radius 2 is 2.00 bits per heavy atom. The monoisotopic (exact) mass is 317 g/mol. The minimum Gasteiger partial charge on any atom is -0.381 e. The van der Waals surface area contributed by atoms with Crippen LogP contribution in [0.15, 0.2) is 29.2 Å². The zero-order chi connectivity index (χ0) is 14.6. The van der Waals surface area contributed by atoms with Crippen molar-refractivity contribution < 1.29 is 13.2 Å². The summed E-state index contributed by atoms with van der Waals surface area (Å²) in [4.78, 5) is 0.302. The van der Waals surface area contributed by atoms with E-state index in [1.807, 2.05) is 12.1 Å². The van der Waals surface area contributed by atoms with Crippen LogP contribution in [0.3, 0.4) is 0 Å². The number of methoxy groups -OCH3 is 1. The first-order chi connectivity index (χ1) is 9.55. The molecule has 1 aromatic rings. The average Bonchev–Trinajstić information content (AvgIpc) is 2.87. The van der Waals surface area contributed by atoms with E-state index in [-0.39, 0.29) is 12.1 Å². The lowest BCUT2D eigenvalue weighted by Crippen LogP contribution is -2.33. The predicted molar refractivity (Wildman–Crippen MR) is 79.6 cm³/mol. The van der Waals surface area contributed by atoms with E-state index in [4.69, 9.17) is 16.3 Å². The molecule has 1 aliphatic rings. The number of hydrogen-bond donors (Lipinski definition) is 1. The van der Waals surface area contributed by atoms with Crippen molar-refractivity contribution in [3.05, 3.63) is 29.8 Å². The molecule has 1 aliphatic carbocycles. The molecule has 0 saturated heterocycles. The van der Waals surface area contributed by atoms with E-state index in [0.29, 0.717) is 10.8 Å². The van der Waals surface area contributed by atoms with Gasteiger partial charge in [0.1, 0.15) is 0 Å². The lowest BCUT2D eigenvalue weighted by molar-refractivity contribution is 0.107. The van der Waals surface area contributed by atoms with E-state index in [2.05, 4.69) is 4.72 Å². The van der Waals surface area contributed by atoms with Crippen LogP contribution in [-0.4, -0.2) is 33.6 Å². The van der Waals surface area contributed by atoms with E-state index in [0.717, 1.165) is 31.2 Å². The molecule has 1 N–H and O–H groups in total. The summed E-state index contributed by atoms with van der Waals surface area (Å²) in [5.74, 6) is 0.533. The summed E-state index contributed by atoms with van der Waals surface area (Å²) >= 11 is 5.66. The van der Waals surface area contributed by atoms with Gasteiger partial charge in [0.15, 0.2) is 0 Å². The van der Waals surface area contributed by atoms with Crippen molar-refractivity contribution in [1.82, 2.24) is 4.72 Å². The van der Waals surface area contributed by atoms with Crippen LogP contribution in [0.1, 0.15) is 24.8 Å². The largest absolute Gasteiger partial charge is 0.381 e. The molecule has 1 saturated carbocycles. The molecule has 0 spiro atoms. The molecular weight excluding hydrogens is 298 g/mol. The summed E-state index contributed by atoms with van der Waals surface area (Å²) in [7, 11) is -1.78. The Balaban J connectivity index is 2.03. The average molecular weight is 318 g/mol. The predicted octanol–water partition coefficient (Wildman–Crippen LogP) is 2.31. The Bertz CT molecular complexity index is 530. The maximum absolute atomic E-state index is 12.3. The standard InChI is InChI=1S/C14H20ClNO3S/c1-19-13-5-4-12(10-13)16-20(17,18)14-6-2-11(3-7-14)8-9-15/h2-3,6-7,12-13,16H,4-5,8-10H2,1H3. The second kappa shape index (κ2) is 6.89. The van der Waals surface area contributed by atoms with Crippen LogP contribution >= 0.6 is 11.6 Å². The van der Waals surface area contributed by atoms with Crippen molar-refractivity contribution in [2.45, 2.75) is 42.7 Å². The summed E-state index contributed by atoms with van der Waals surface area (Å²) in [5.41, 5.74) is 1.04. The van der Waals surface area contributed by atoms with Crippen molar-refractivity contribution >= 4 is 21.6 Å². The summed E-state index contributed by atoms with van der Waals surface area (Å²) < 4.78 is 32.6. The highest BCUT2D eigenvalue weighted by Gasteiger charge is 2.28. The normalized spacial score (nSPS) is 23.1. The second-order valence-corrected chi connectivity index (χ2v) is 7.16. The molecule has 0 aliphatic heterocycles. The maximum atomic E-state index is 12.3. The zero-order valence-electron chi connectivity index (χ0n) is 11.5. The maximum Gasteiger partial charge on any atom is 0.240 e. The first kappa shape index (κ1) is 15.8. The third-order valence-electron chi connectivity index (χ3n) is 3.66. The van der Waals surface area contributed by atoms with Gasteiger partial charge in [0.05, 0.1) is 11.0 Å². The topological polar surface area (TPSA) is 55.4 Å². The zero-order valence-corrected chi connectivity index (χ0v) is 13.1. The fourth-order valence-corrected chi connectivity index (χ4v) is 3.99. The van der Waals surface area contributed by atoms with Crippen LogP contribution in [0.4, 0.5) is 0 Å². The van der Waals surface area contributed by atoms with Gasteiger partial charge in [0.25, 0.3) is 0 Å². The summed E-state index contributed by atoms with van der Waals surface area (Å²) in [6.45, 7) is 0. The van der Waals surface area contributed by atoms with Crippen LogP contribution < -0.4 is 4.72 Å². The summed E-state index contributed by atoms with van der Waals surface area (Å²) in [6, 6.07) is 6.85. The third kappa shape index (κ3) is 3.95. The number of benzene rings is 1. The molecule has 4 nitrogen and oxygen atoms in total. The molecule has 1 aromatic carbocycles. The molecular formula is C14H20ClNO3S. The summed E-state index contributed by atoms with van der Waals surface area (Å²) in [6.07, 6.45) is 3.36. The Labute approximate surface area is 125 Å². The van der Waals surface area contributed by atoms with Crippen molar-refractivity contribution in [2.24, 2.45) is 0 Å². The number of rotatable bonds is 6. The molecule has 1 fully saturated rings. The molecule has 2 atom stereocenters. The van der Waals surface area contributed by atoms with Crippen molar-refractivity contribution in [3.63, 3.8) is 0 Å². The quantitative estimate of drug-likeness (QED) is 0.819. The minimum absolute atomic E-state index is 0.0348. The van der Waals surface area contributed by atoms with Crippen molar-refractivity contribution in [2.75, 3.05) is 13.0 Å². The van der Waals surface area contributed by atoms with Gasteiger partial charge < -0.3 is 4.74 Å². The number of alkyl halides is 1. The lowest BCUT2D eigenvalue weighted by Gasteiger charge is -2.13. The van der Waals surface area contributed by atoms with Crippen LogP contribution in [0.25, 0.3) is 0 Å². The van der Waals surface area contributed by atoms with E-state index < -0.39 is 10.0 Å². The number of ether oxygens (including phenoxy) is 1. The van der Waals surface area contributed by atoms with Gasteiger partial charge in [-0.15, -0.1) is 11.6 Å². The van der Waals surface area contributed by atoms with Crippen LogP contribution in [0.5, 0.6) is 0 Å². The van der Waals surface area contributed by atoms with Crippen molar-refractivity contribution in [1.29, 1.82) is 0 Å². The van der Waals surface area contributed by atoms with E-state index >= 15 is 0 Å². The van der Waals surface area contributed by atoms with Crippen LogP contribution in [-0.2, 0) is 21.2 Å². The molecule has 112 valence electrons. The van der Waals surface area contributed by atoms with E-state index in [1.54, 1.807) is 19.2 Å². The first-order valence-electron chi connectivity index (χ1n) is 6.75. The molecule has 0 bridgehead atoms. The van der Waals surface area contributed by atoms with Gasteiger partial charge in [-0.05, 0) is 43.4 Å². The van der Waals surface area contributed by atoms with E-state index in [1.165, 1.54) is 0 Å². The van der Waals surface area contributed by atoms with Gasteiger partial charge in [0.2, 0.25) is 10.0 Å². The molecule has 20 heavy (non-hydrogen) atoms. The van der Waals surface area contributed by atoms with Gasteiger partial charge in [-0.2, -0.15) is 0 Å². The minimum atomic E-state index is -3.45. The Morgan fingerprint density at radius 1 is 1.30 bits per heavy atom. The molecule has 6 heteroatoms. The summed E-state index contributed by atoms with van der Waals surface area (Å²) in [5, 5.41) is 0. The fourth-order valence-electron chi connectivity index (χ4n) is 2.49. The number of sulfonamides is 1. The number of aryl methyl sites for hydroxylation is 1. The fraction of sp³-hybridized carbons (Fsp3) is 0.571. The third-order valence-corrected chi connectivity index (χ3v) is 5.38. The van der Waals surface area contributed by atoms with Gasteiger partial charge in [0, 0.05) is 19.0 Å². The highest BCUT2D eigenvalue weighted by Crippen LogP contribution is 2.23. The number of nitrogens with one attached hydrogen (secondary N) is 1. The first-order valence-corrected chi connectivity index (χ1v) is 8.77. The Hall–Kier alpha value is -0.620. The second-order valence-electron chi connectivity index (χ2n) is 5.07. The molecule has 0 aromatic heterocycles. The molecule has 0 heterocycles. The van der Waals surface area contributed by atoms with Gasteiger partial charge in [-0.3, -0.25) is 0 Å². The van der Waals surface area contributed by atoms with Gasteiger partial charge in [-0.25, -0.2) is 13.1 Å². The van der Waals surface area contributed by atoms with E-state index in [9.17, 15) is 8.42 Å². The van der Waals surface area contributed by atoms with Crippen LogP contribution in [0.2, 0.25) is 0 Å². The highest BCUT2D eigenvalue weighted by atomic mass is 35.5. The smallest absolute Gasteiger partial charge is 0.240 e. The van der Waals surface area contributed by atoms with Crippen molar-refractivity contribution in [3.8, 4) is 0 Å². The molecule has 2 rings (SSSR count).